The largest absolute Gasteiger partial charge is 0.263 e. The van der Waals surface area contributed by atoms with E-state index in [-0.39, 0.29) is 5.41 Å². The monoisotopic (exact) mass is 349 g/mol. The molecule has 0 spiro atoms. The molecule has 0 aliphatic rings. The van der Waals surface area contributed by atoms with Crippen LogP contribution >= 0.6 is 0 Å². The zero-order valence-electron chi connectivity index (χ0n) is 19.4. The van der Waals surface area contributed by atoms with Crippen molar-refractivity contribution in [1.82, 2.24) is 0 Å². The molecule has 0 aromatic carbocycles. The Hall–Kier alpha value is -0.590. The molecule has 0 fully saturated rings. The molecule has 0 bridgehead atoms. The molecule has 0 saturated carbocycles. The van der Waals surface area contributed by atoms with E-state index in [4.69, 9.17) is 4.99 Å². The summed E-state index contributed by atoms with van der Waals surface area (Å²) in [6.45, 7) is 28.0. The fourth-order valence-electron chi connectivity index (χ4n) is 4.04. The quantitative estimate of drug-likeness (QED) is 0.354. The van der Waals surface area contributed by atoms with E-state index in [1.807, 2.05) is 0 Å². The van der Waals surface area contributed by atoms with E-state index >= 15 is 0 Å². The molecule has 4 atom stereocenters. The molecule has 0 heterocycles. The summed E-state index contributed by atoms with van der Waals surface area (Å²) in [5.74, 6) is 4.44. The standard InChI is InChI=1S/C24H47N/c1-13-18(7)25-21(10)24(11,12)20(9)23(17(5)6)15-22(14-2)19(8)16(3)4/h13,16-17,19-20,22-23H,14-15H2,1-12H3/b18-13-,25-21+. The molecular weight excluding hydrogens is 302 g/mol. The highest BCUT2D eigenvalue weighted by molar-refractivity contribution is 5.88. The number of aliphatic imine (C=N–C) groups is 1. The van der Waals surface area contributed by atoms with Gasteiger partial charge < -0.3 is 0 Å². The van der Waals surface area contributed by atoms with E-state index < -0.39 is 0 Å². The first-order chi connectivity index (χ1) is 11.4. The smallest absolute Gasteiger partial charge is 0.0329 e. The van der Waals surface area contributed by atoms with Gasteiger partial charge in [-0.1, -0.05) is 74.8 Å². The molecule has 0 aliphatic carbocycles. The number of allylic oxidation sites excluding steroid dienone is 2. The van der Waals surface area contributed by atoms with Crippen LogP contribution in [-0.2, 0) is 0 Å². The SMILES string of the molecule is C/C=C(C)\N=C(/C)C(C)(C)C(C)C(CC(CC)C(C)C(C)C)C(C)C. The number of rotatable bonds is 10. The number of nitrogens with zero attached hydrogens (tertiary/aromatic N) is 1. The van der Waals surface area contributed by atoms with Crippen LogP contribution < -0.4 is 0 Å². The summed E-state index contributed by atoms with van der Waals surface area (Å²) in [5, 5.41) is 0. The fraction of sp³-hybridized carbons (Fsp3) is 0.875. The summed E-state index contributed by atoms with van der Waals surface area (Å²) < 4.78 is 0. The van der Waals surface area contributed by atoms with E-state index in [1.165, 1.54) is 18.6 Å². The molecule has 25 heavy (non-hydrogen) atoms. The maximum atomic E-state index is 4.87. The predicted octanol–water partition coefficient (Wildman–Crippen LogP) is 8.01. The molecule has 4 unspecified atom stereocenters. The number of hydrogen-bond donors (Lipinski definition) is 0. The Morgan fingerprint density at radius 2 is 1.48 bits per heavy atom. The van der Waals surface area contributed by atoms with Crippen LogP contribution in [0, 0.1) is 40.9 Å². The van der Waals surface area contributed by atoms with Crippen molar-refractivity contribution in [3.63, 3.8) is 0 Å². The molecule has 0 radical (unpaired) electrons. The maximum absolute atomic E-state index is 4.87. The van der Waals surface area contributed by atoms with Crippen molar-refractivity contribution in [2.75, 3.05) is 0 Å². The molecule has 0 N–H and O–H groups in total. The highest BCUT2D eigenvalue weighted by Crippen LogP contribution is 2.42. The van der Waals surface area contributed by atoms with Crippen molar-refractivity contribution < 1.29 is 0 Å². The summed E-state index contributed by atoms with van der Waals surface area (Å²) in [5.41, 5.74) is 2.52. The Labute approximate surface area is 159 Å². The highest BCUT2D eigenvalue weighted by Gasteiger charge is 2.37. The minimum Gasteiger partial charge on any atom is -0.263 e. The van der Waals surface area contributed by atoms with E-state index in [1.54, 1.807) is 0 Å². The Morgan fingerprint density at radius 1 is 0.960 bits per heavy atom. The summed E-state index contributed by atoms with van der Waals surface area (Å²) in [6.07, 6.45) is 4.73. The normalized spacial score (nSPS) is 19.3. The third-order valence-corrected chi connectivity index (χ3v) is 7.23. The molecule has 0 aromatic heterocycles. The minimum atomic E-state index is 0.124. The molecule has 0 aliphatic heterocycles. The van der Waals surface area contributed by atoms with Gasteiger partial charge in [0.1, 0.15) is 0 Å². The number of hydrogen-bond acceptors (Lipinski definition) is 1. The zero-order valence-corrected chi connectivity index (χ0v) is 19.4. The van der Waals surface area contributed by atoms with Crippen LogP contribution in [0.1, 0.15) is 95.9 Å². The van der Waals surface area contributed by atoms with Gasteiger partial charge in [-0.15, -0.1) is 0 Å². The zero-order chi connectivity index (χ0) is 19.9. The lowest BCUT2D eigenvalue weighted by atomic mass is 9.63. The van der Waals surface area contributed by atoms with Gasteiger partial charge in [0.15, 0.2) is 0 Å². The van der Waals surface area contributed by atoms with E-state index in [0.717, 1.165) is 29.4 Å². The van der Waals surface area contributed by atoms with Gasteiger partial charge >= 0.3 is 0 Å². The van der Waals surface area contributed by atoms with Crippen LogP contribution in [0.4, 0.5) is 0 Å². The van der Waals surface area contributed by atoms with Crippen molar-refractivity contribution in [3.05, 3.63) is 11.8 Å². The predicted molar refractivity (Wildman–Crippen MR) is 116 cm³/mol. The third kappa shape index (κ3) is 6.91. The lowest BCUT2D eigenvalue weighted by Gasteiger charge is -2.42. The molecule has 0 aromatic rings. The van der Waals surface area contributed by atoms with Crippen LogP contribution in [0.25, 0.3) is 0 Å². The minimum absolute atomic E-state index is 0.124. The average molecular weight is 350 g/mol. The van der Waals surface area contributed by atoms with Crippen LogP contribution in [0.15, 0.2) is 16.8 Å². The first kappa shape index (κ1) is 24.4. The van der Waals surface area contributed by atoms with E-state index in [2.05, 4.69) is 89.2 Å². The van der Waals surface area contributed by atoms with Gasteiger partial charge in [0.25, 0.3) is 0 Å². The third-order valence-electron chi connectivity index (χ3n) is 7.23. The second-order valence-corrected chi connectivity index (χ2v) is 9.55. The highest BCUT2D eigenvalue weighted by atomic mass is 14.8. The maximum Gasteiger partial charge on any atom is 0.0329 e. The topological polar surface area (TPSA) is 12.4 Å². The Morgan fingerprint density at radius 3 is 1.84 bits per heavy atom. The van der Waals surface area contributed by atoms with Gasteiger partial charge in [-0.05, 0) is 62.7 Å². The Balaban J connectivity index is 5.54. The van der Waals surface area contributed by atoms with Crippen LogP contribution in [-0.4, -0.2) is 5.71 Å². The molecule has 1 heteroatoms. The van der Waals surface area contributed by atoms with E-state index in [9.17, 15) is 0 Å². The van der Waals surface area contributed by atoms with Crippen LogP contribution in [0.3, 0.4) is 0 Å². The van der Waals surface area contributed by atoms with Crippen molar-refractivity contribution in [2.45, 2.75) is 95.9 Å². The van der Waals surface area contributed by atoms with Gasteiger partial charge in [0.05, 0.1) is 0 Å². The van der Waals surface area contributed by atoms with Crippen LogP contribution in [0.2, 0.25) is 0 Å². The first-order valence-corrected chi connectivity index (χ1v) is 10.6. The molecule has 0 amide bonds. The van der Waals surface area contributed by atoms with E-state index in [0.29, 0.717) is 11.8 Å². The van der Waals surface area contributed by atoms with Gasteiger partial charge in [0, 0.05) is 16.8 Å². The lowest BCUT2D eigenvalue weighted by Crippen LogP contribution is -2.38. The molecule has 0 rings (SSSR count). The van der Waals surface area contributed by atoms with Gasteiger partial charge in [-0.2, -0.15) is 0 Å². The van der Waals surface area contributed by atoms with Gasteiger partial charge in [-0.25, -0.2) is 0 Å². The summed E-state index contributed by atoms with van der Waals surface area (Å²) in [4.78, 5) is 4.87. The summed E-state index contributed by atoms with van der Waals surface area (Å²) in [6, 6.07) is 0. The van der Waals surface area contributed by atoms with Crippen LogP contribution in [0.5, 0.6) is 0 Å². The molecule has 148 valence electrons. The first-order valence-electron chi connectivity index (χ1n) is 10.6. The molecule has 0 saturated heterocycles. The average Bonchev–Trinajstić information content (AvgIpc) is 2.53. The van der Waals surface area contributed by atoms with Gasteiger partial charge in [0.2, 0.25) is 0 Å². The fourth-order valence-corrected chi connectivity index (χ4v) is 4.04. The van der Waals surface area contributed by atoms with Crippen molar-refractivity contribution in [1.29, 1.82) is 0 Å². The van der Waals surface area contributed by atoms with Gasteiger partial charge in [-0.3, -0.25) is 4.99 Å². The Bertz CT molecular complexity index is 439. The van der Waals surface area contributed by atoms with Crippen molar-refractivity contribution in [2.24, 2.45) is 45.9 Å². The molecule has 1 nitrogen and oxygen atoms in total. The second-order valence-electron chi connectivity index (χ2n) is 9.55. The summed E-state index contributed by atoms with van der Waals surface area (Å²) in [7, 11) is 0. The van der Waals surface area contributed by atoms with Crippen molar-refractivity contribution >= 4 is 5.71 Å². The molecular formula is C24H47N. The van der Waals surface area contributed by atoms with Crippen molar-refractivity contribution in [3.8, 4) is 0 Å². The summed E-state index contributed by atoms with van der Waals surface area (Å²) >= 11 is 0. The Kier molecular flexibility index (Phi) is 10.3. The lowest BCUT2D eigenvalue weighted by molar-refractivity contribution is 0.117. The second kappa shape index (κ2) is 10.5.